The largest absolute Gasteiger partial charge is 0.481 e. The van der Waals surface area contributed by atoms with Crippen molar-refractivity contribution in [2.45, 2.75) is 0 Å². The van der Waals surface area contributed by atoms with Crippen LogP contribution in [0.1, 0.15) is 0 Å². The minimum atomic E-state index is -0.881. The normalized spacial score (nSPS) is 8.85. The Bertz CT molecular complexity index is 106. The highest BCUT2D eigenvalue weighted by Crippen LogP contribution is 2.18. The molecule has 0 aromatic heterocycles. The highest BCUT2D eigenvalue weighted by Gasteiger charge is 1.85. The van der Waals surface area contributed by atoms with Gasteiger partial charge in [-0.1, -0.05) is 21.6 Å². The van der Waals surface area contributed by atoms with Gasteiger partial charge in [0, 0.05) is 11.5 Å². The predicted molar refractivity (Wildman–Crippen MR) is 60.6 cm³/mol. The summed E-state index contributed by atoms with van der Waals surface area (Å²) in [6.45, 7) is 0.451. The lowest BCUT2D eigenvalue weighted by atomic mass is 10.8. The fourth-order valence-electron chi connectivity index (χ4n) is 0.192. The van der Waals surface area contributed by atoms with Crippen molar-refractivity contribution < 1.29 is 20.1 Å². The van der Waals surface area contributed by atoms with Gasteiger partial charge in [-0.3, -0.25) is 4.79 Å². The molecule has 0 aliphatic rings. The first-order chi connectivity index (χ1) is 6.18. The molecule has 0 heterocycles. The van der Waals surface area contributed by atoms with Crippen LogP contribution in [0.15, 0.2) is 0 Å². The van der Waals surface area contributed by atoms with E-state index >= 15 is 0 Å². The van der Waals surface area contributed by atoms with Crippen LogP contribution < -0.4 is 0 Å². The molecule has 7 heteroatoms. The second-order valence-corrected chi connectivity index (χ2v) is 4.66. The second kappa shape index (κ2) is 14.9. The van der Waals surface area contributed by atoms with Crippen molar-refractivity contribution in [1.29, 1.82) is 0 Å². The number of rotatable bonds is 6. The number of thiol groups is 1. The van der Waals surface area contributed by atoms with Crippen molar-refractivity contribution in [2.75, 3.05) is 30.5 Å². The first kappa shape index (κ1) is 15.9. The van der Waals surface area contributed by atoms with Gasteiger partial charge < -0.3 is 15.3 Å². The SMILES string of the molecule is O=C(O)CS.OCCSSCCO. The predicted octanol–water partition coefficient (Wildman–Crippen LogP) is 0.353. The summed E-state index contributed by atoms with van der Waals surface area (Å²) in [6, 6.07) is 0. The van der Waals surface area contributed by atoms with Crippen LogP contribution in [0.5, 0.6) is 0 Å². The molecule has 0 aliphatic heterocycles. The smallest absolute Gasteiger partial charge is 0.313 e. The number of carboxylic acid groups (broad SMARTS) is 1. The molecular formula is C6H14O4S3. The van der Waals surface area contributed by atoms with E-state index in [0.717, 1.165) is 11.5 Å². The van der Waals surface area contributed by atoms with E-state index < -0.39 is 5.97 Å². The molecule has 0 fully saturated rings. The molecule has 0 bridgehead atoms. The Morgan fingerprint density at radius 1 is 1.15 bits per heavy atom. The molecule has 0 rings (SSSR count). The lowest BCUT2D eigenvalue weighted by Gasteiger charge is -1.93. The lowest BCUT2D eigenvalue weighted by Crippen LogP contribution is -1.92. The number of carbonyl (C=O) groups is 1. The molecule has 13 heavy (non-hydrogen) atoms. The summed E-state index contributed by atoms with van der Waals surface area (Å²) in [5.41, 5.74) is 0. The van der Waals surface area contributed by atoms with E-state index in [1.54, 1.807) is 21.6 Å². The van der Waals surface area contributed by atoms with E-state index in [4.69, 9.17) is 15.3 Å². The van der Waals surface area contributed by atoms with Crippen molar-refractivity contribution in [3.63, 3.8) is 0 Å². The third kappa shape index (κ3) is 24.5. The highest BCUT2D eigenvalue weighted by molar-refractivity contribution is 8.76. The molecule has 0 unspecified atom stereocenters. The summed E-state index contributed by atoms with van der Waals surface area (Å²) >= 11 is 3.42. The number of aliphatic hydroxyl groups excluding tert-OH is 2. The van der Waals surface area contributed by atoms with Crippen molar-refractivity contribution >= 4 is 40.2 Å². The molecule has 3 N–H and O–H groups in total. The minimum Gasteiger partial charge on any atom is -0.481 e. The zero-order valence-corrected chi connectivity index (χ0v) is 9.58. The van der Waals surface area contributed by atoms with Gasteiger partial charge in [-0.2, -0.15) is 12.6 Å². The van der Waals surface area contributed by atoms with Crippen LogP contribution in [-0.4, -0.2) is 51.8 Å². The number of aliphatic carboxylic acids is 1. The van der Waals surface area contributed by atoms with Gasteiger partial charge in [0.15, 0.2) is 0 Å². The van der Waals surface area contributed by atoms with Gasteiger partial charge in [0.1, 0.15) is 0 Å². The molecule has 0 amide bonds. The lowest BCUT2D eigenvalue weighted by molar-refractivity contribution is -0.133. The molecule has 0 aromatic carbocycles. The first-order valence-corrected chi connectivity index (χ1v) is 6.59. The Morgan fingerprint density at radius 3 is 1.62 bits per heavy atom. The first-order valence-electron chi connectivity index (χ1n) is 3.47. The summed E-state index contributed by atoms with van der Waals surface area (Å²) in [4.78, 5) is 9.29. The number of carboxylic acids is 1. The van der Waals surface area contributed by atoms with Crippen molar-refractivity contribution in [2.24, 2.45) is 0 Å². The molecule has 0 aromatic rings. The van der Waals surface area contributed by atoms with Crippen LogP contribution in [0, 0.1) is 0 Å². The Balaban J connectivity index is 0. The fourth-order valence-corrected chi connectivity index (χ4v) is 1.73. The Labute approximate surface area is 90.9 Å². The molecular weight excluding hydrogens is 232 g/mol. The van der Waals surface area contributed by atoms with Gasteiger partial charge in [-0.15, -0.1) is 0 Å². The summed E-state index contributed by atoms with van der Waals surface area (Å²) in [5.74, 6) is 0.545. The van der Waals surface area contributed by atoms with E-state index in [0.29, 0.717) is 0 Å². The van der Waals surface area contributed by atoms with Crippen LogP contribution in [0.4, 0.5) is 0 Å². The van der Waals surface area contributed by atoms with Gasteiger partial charge in [-0.05, 0) is 0 Å². The minimum absolute atomic E-state index is 0.0833. The van der Waals surface area contributed by atoms with Crippen molar-refractivity contribution in [3.8, 4) is 0 Å². The third-order valence-electron chi connectivity index (χ3n) is 0.568. The number of aliphatic hydroxyl groups is 2. The zero-order chi connectivity index (χ0) is 10.5. The standard InChI is InChI=1S/C4H10O2S2.C2H4O2S/c5-1-3-7-8-4-2-6;3-2(4)1-5/h5-6H,1-4H2;5H,1H2,(H,3,4). The molecule has 0 spiro atoms. The topological polar surface area (TPSA) is 77.8 Å². The Hall–Kier alpha value is 0.440. The van der Waals surface area contributed by atoms with Crippen LogP contribution in [0.2, 0.25) is 0 Å². The fraction of sp³-hybridized carbons (Fsp3) is 0.833. The van der Waals surface area contributed by atoms with Crippen LogP contribution in [0.25, 0.3) is 0 Å². The van der Waals surface area contributed by atoms with Gasteiger partial charge >= 0.3 is 5.97 Å². The van der Waals surface area contributed by atoms with Crippen molar-refractivity contribution in [1.82, 2.24) is 0 Å². The van der Waals surface area contributed by atoms with Gasteiger partial charge in [0.2, 0.25) is 0 Å². The van der Waals surface area contributed by atoms with E-state index in [1.807, 2.05) is 0 Å². The van der Waals surface area contributed by atoms with E-state index in [2.05, 4.69) is 12.6 Å². The Morgan fingerprint density at radius 2 is 1.46 bits per heavy atom. The van der Waals surface area contributed by atoms with E-state index in [9.17, 15) is 4.79 Å². The highest BCUT2D eigenvalue weighted by atomic mass is 33.1. The molecule has 80 valence electrons. The van der Waals surface area contributed by atoms with Crippen LogP contribution >= 0.6 is 34.2 Å². The number of hydrogen-bond acceptors (Lipinski definition) is 6. The summed E-state index contributed by atoms with van der Waals surface area (Å²) in [7, 11) is 3.17. The maximum absolute atomic E-state index is 9.29. The zero-order valence-electron chi connectivity index (χ0n) is 7.05. The van der Waals surface area contributed by atoms with E-state index in [1.165, 1.54) is 0 Å². The maximum Gasteiger partial charge on any atom is 0.313 e. The molecule has 0 atom stereocenters. The average Bonchev–Trinajstić information content (AvgIpc) is 2.14. The summed E-state index contributed by atoms with van der Waals surface area (Å²) in [6.07, 6.45) is 0. The maximum atomic E-state index is 9.29. The van der Waals surface area contributed by atoms with Gasteiger partial charge in [-0.25, -0.2) is 0 Å². The molecule has 0 aliphatic carbocycles. The summed E-state index contributed by atoms with van der Waals surface area (Å²) < 4.78 is 0. The van der Waals surface area contributed by atoms with Crippen LogP contribution in [0.3, 0.4) is 0 Å². The summed E-state index contributed by atoms with van der Waals surface area (Å²) in [5, 5.41) is 24.2. The molecule has 0 saturated carbocycles. The molecule has 0 radical (unpaired) electrons. The number of hydrogen-bond donors (Lipinski definition) is 4. The molecule has 0 saturated heterocycles. The quantitative estimate of drug-likeness (QED) is 0.308. The molecule has 4 nitrogen and oxygen atoms in total. The monoisotopic (exact) mass is 246 g/mol. The van der Waals surface area contributed by atoms with Gasteiger partial charge in [0.25, 0.3) is 0 Å². The van der Waals surface area contributed by atoms with E-state index in [-0.39, 0.29) is 19.0 Å². The van der Waals surface area contributed by atoms with Crippen molar-refractivity contribution in [3.05, 3.63) is 0 Å². The van der Waals surface area contributed by atoms with Crippen LogP contribution in [-0.2, 0) is 4.79 Å². The average molecular weight is 246 g/mol. The third-order valence-corrected chi connectivity index (χ3v) is 3.20. The Kier molecular flexibility index (Phi) is 18.3. The second-order valence-electron chi connectivity index (χ2n) is 1.64. The van der Waals surface area contributed by atoms with Gasteiger partial charge in [0.05, 0.1) is 19.0 Å².